The number of amides is 3. The summed E-state index contributed by atoms with van der Waals surface area (Å²) in [6.45, 7) is 4.72. The van der Waals surface area contributed by atoms with E-state index >= 15 is 0 Å². The highest BCUT2D eigenvalue weighted by Gasteiger charge is 2.40. The Bertz CT molecular complexity index is 741. The molecule has 0 unspecified atom stereocenters. The van der Waals surface area contributed by atoms with Crippen LogP contribution in [0.3, 0.4) is 0 Å². The predicted molar refractivity (Wildman–Crippen MR) is 92.4 cm³/mol. The van der Waals surface area contributed by atoms with Crippen LogP contribution in [0, 0.1) is 0 Å². The summed E-state index contributed by atoms with van der Waals surface area (Å²) in [5, 5.41) is 0. The van der Waals surface area contributed by atoms with Gasteiger partial charge in [0, 0.05) is 6.04 Å². The third-order valence-corrected chi connectivity index (χ3v) is 4.20. The van der Waals surface area contributed by atoms with Gasteiger partial charge in [0.25, 0.3) is 11.8 Å². The molecule has 2 aliphatic rings. The Hall–Kier alpha value is -2.70. The van der Waals surface area contributed by atoms with E-state index in [9.17, 15) is 19.2 Å². The number of carbonyl (C=O) groups excluding carboxylic acids is 4. The molecule has 1 aliphatic heterocycles. The van der Waals surface area contributed by atoms with Crippen molar-refractivity contribution < 1.29 is 23.9 Å². The number of imide groups is 1. The number of hydrogen-bond acceptors (Lipinski definition) is 5. The van der Waals surface area contributed by atoms with Gasteiger partial charge in [-0.25, -0.2) is 0 Å². The molecule has 0 aromatic heterocycles. The highest BCUT2D eigenvalue weighted by Crippen LogP contribution is 2.28. The van der Waals surface area contributed by atoms with Crippen LogP contribution < -0.4 is 0 Å². The van der Waals surface area contributed by atoms with Crippen molar-refractivity contribution in [3.63, 3.8) is 0 Å². The van der Waals surface area contributed by atoms with Crippen molar-refractivity contribution in [1.82, 2.24) is 9.80 Å². The molecule has 26 heavy (non-hydrogen) atoms. The van der Waals surface area contributed by atoms with Crippen molar-refractivity contribution in [3.8, 4) is 0 Å². The molecule has 138 valence electrons. The minimum atomic E-state index is -0.641. The van der Waals surface area contributed by atoms with E-state index in [2.05, 4.69) is 0 Å². The minimum absolute atomic E-state index is 0.0369. The standard InChI is InChI=1S/C19H22N2O5/c1-19(2,3)26-16(23)11-20(12-8-9-12)15(22)10-21-17(24)13-6-4-5-7-14(13)18(21)25/h4-7,12H,8-11H2,1-3H3. The molecule has 3 rings (SSSR count). The Morgan fingerprint density at radius 1 is 1.12 bits per heavy atom. The molecule has 7 heteroatoms. The van der Waals surface area contributed by atoms with Crippen molar-refractivity contribution in [2.24, 2.45) is 0 Å². The molecule has 1 aliphatic carbocycles. The smallest absolute Gasteiger partial charge is 0.326 e. The van der Waals surface area contributed by atoms with Gasteiger partial charge in [-0.15, -0.1) is 0 Å². The van der Waals surface area contributed by atoms with Crippen molar-refractivity contribution in [2.75, 3.05) is 13.1 Å². The molecule has 0 radical (unpaired) electrons. The van der Waals surface area contributed by atoms with Gasteiger partial charge >= 0.3 is 5.97 Å². The summed E-state index contributed by atoms with van der Waals surface area (Å²) < 4.78 is 5.28. The van der Waals surface area contributed by atoms with Crippen LogP contribution in [0.5, 0.6) is 0 Å². The van der Waals surface area contributed by atoms with Crippen molar-refractivity contribution in [1.29, 1.82) is 0 Å². The fourth-order valence-electron chi connectivity index (χ4n) is 2.93. The monoisotopic (exact) mass is 358 g/mol. The molecule has 7 nitrogen and oxygen atoms in total. The van der Waals surface area contributed by atoms with E-state index in [1.165, 1.54) is 4.90 Å². The van der Waals surface area contributed by atoms with Crippen LogP contribution >= 0.6 is 0 Å². The number of ether oxygens (including phenoxy) is 1. The van der Waals surface area contributed by atoms with Crippen LogP contribution in [-0.4, -0.2) is 58.2 Å². The van der Waals surface area contributed by atoms with Gasteiger partial charge in [0.15, 0.2) is 0 Å². The number of esters is 1. The molecule has 1 fully saturated rings. The lowest BCUT2D eigenvalue weighted by molar-refractivity contribution is -0.159. The van der Waals surface area contributed by atoms with Crippen LogP contribution in [0.1, 0.15) is 54.3 Å². The first kappa shape index (κ1) is 18.1. The third-order valence-electron chi connectivity index (χ3n) is 4.20. The van der Waals surface area contributed by atoms with E-state index < -0.39 is 29.3 Å². The first-order chi connectivity index (χ1) is 12.2. The van der Waals surface area contributed by atoms with E-state index in [0.29, 0.717) is 11.1 Å². The number of benzene rings is 1. The Kier molecular flexibility index (Phi) is 4.56. The van der Waals surface area contributed by atoms with Gasteiger partial charge in [-0.3, -0.25) is 24.1 Å². The van der Waals surface area contributed by atoms with Crippen LogP contribution in [0.4, 0.5) is 0 Å². The number of fused-ring (bicyclic) bond motifs is 1. The zero-order chi connectivity index (χ0) is 19.1. The van der Waals surface area contributed by atoms with Crippen molar-refractivity contribution in [3.05, 3.63) is 35.4 Å². The third kappa shape index (κ3) is 3.76. The first-order valence-corrected chi connectivity index (χ1v) is 8.64. The number of nitrogens with zero attached hydrogens (tertiary/aromatic N) is 2. The molecule has 0 spiro atoms. The Labute approximate surface area is 151 Å². The maximum Gasteiger partial charge on any atom is 0.326 e. The number of rotatable bonds is 5. The highest BCUT2D eigenvalue weighted by atomic mass is 16.6. The average molecular weight is 358 g/mol. The quantitative estimate of drug-likeness (QED) is 0.590. The van der Waals surface area contributed by atoms with Crippen LogP contribution in [-0.2, 0) is 14.3 Å². The average Bonchev–Trinajstić information content (AvgIpc) is 3.36. The lowest BCUT2D eigenvalue weighted by atomic mass is 10.1. The summed E-state index contributed by atoms with van der Waals surface area (Å²) >= 11 is 0. The molecule has 3 amide bonds. The summed E-state index contributed by atoms with van der Waals surface area (Å²) in [5.41, 5.74) is -0.0384. The second kappa shape index (κ2) is 6.55. The highest BCUT2D eigenvalue weighted by molar-refractivity contribution is 6.22. The minimum Gasteiger partial charge on any atom is -0.459 e. The van der Waals surface area contributed by atoms with Gasteiger partial charge in [-0.1, -0.05) is 12.1 Å². The lowest BCUT2D eigenvalue weighted by Gasteiger charge is -2.26. The van der Waals surface area contributed by atoms with E-state index in [0.717, 1.165) is 17.7 Å². The predicted octanol–water partition coefficient (Wildman–Crippen LogP) is 1.62. The summed E-state index contributed by atoms with van der Waals surface area (Å²) in [5.74, 6) is -1.88. The zero-order valence-corrected chi connectivity index (χ0v) is 15.2. The lowest BCUT2D eigenvalue weighted by Crippen LogP contribution is -2.46. The van der Waals surface area contributed by atoms with Crippen LogP contribution in [0.15, 0.2) is 24.3 Å². The fraction of sp³-hybridized carbons (Fsp3) is 0.474. The van der Waals surface area contributed by atoms with Crippen molar-refractivity contribution >= 4 is 23.7 Å². The maximum absolute atomic E-state index is 12.7. The molecular formula is C19H22N2O5. The summed E-state index contributed by atoms with van der Waals surface area (Å²) in [7, 11) is 0. The van der Waals surface area contributed by atoms with E-state index in [1.54, 1.807) is 45.0 Å². The number of hydrogen-bond donors (Lipinski definition) is 0. The normalized spacial score (nSPS) is 16.5. The molecule has 0 N–H and O–H groups in total. The second-order valence-corrected chi connectivity index (χ2v) is 7.58. The molecule has 1 aromatic rings. The van der Waals surface area contributed by atoms with Gasteiger partial charge in [-0.05, 0) is 45.7 Å². The zero-order valence-electron chi connectivity index (χ0n) is 15.2. The van der Waals surface area contributed by atoms with Crippen LogP contribution in [0.2, 0.25) is 0 Å². The van der Waals surface area contributed by atoms with E-state index in [4.69, 9.17) is 4.74 Å². The number of carbonyl (C=O) groups is 4. The molecule has 1 saturated carbocycles. The molecule has 0 bridgehead atoms. The SMILES string of the molecule is CC(C)(C)OC(=O)CN(C(=O)CN1C(=O)c2ccccc2C1=O)C1CC1. The summed E-state index contributed by atoms with van der Waals surface area (Å²) in [6.07, 6.45) is 1.60. The molecule has 0 atom stereocenters. The molecular weight excluding hydrogens is 336 g/mol. The maximum atomic E-state index is 12.7. The molecule has 1 aromatic carbocycles. The van der Waals surface area contributed by atoms with E-state index in [1.807, 2.05) is 0 Å². The summed E-state index contributed by atoms with van der Waals surface area (Å²) in [4.78, 5) is 51.9. The van der Waals surface area contributed by atoms with Gasteiger partial charge in [0.2, 0.25) is 5.91 Å². The largest absolute Gasteiger partial charge is 0.459 e. The Balaban J connectivity index is 1.69. The fourth-order valence-corrected chi connectivity index (χ4v) is 2.93. The van der Waals surface area contributed by atoms with Crippen LogP contribution in [0.25, 0.3) is 0 Å². The van der Waals surface area contributed by atoms with Gasteiger partial charge in [-0.2, -0.15) is 0 Å². The summed E-state index contributed by atoms with van der Waals surface area (Å²) in [6, 6.07) is 6.45. The van der Waals surface area contributed by atoms with Gasteiger partial charge in [0.1, 0.15) is 18.7 Å². The van der Waals surface area contributed by atoms with E-state index in [-0.39, 0.29) is 19.1 Å². The molecule has 0 saturated heterocycles. The second-order valence-electron chi connectivity index (χ2n) is 7.58. The topological polar surface area (TPSA) is 84.0 Å². The first-order valence-electron chi connectivity index (χ1n) is 8.64. The molecule has 1 heterocycles. The van der Waals surface area contributed by atoms with Gasteiger partial charge < -0.3 is 9.64 Å². The van der Waals surface area contributed by atoms with Crippen molar-refractivity contribution in [2.45, 2.75) is 45.3 Å². The Morgan fingerprint density at radius 2 is 1.65 bits per heavy atom. The van der Waals surface area contributed by atoms with Gasteiger partial charge in [0.05, 0.1) is 11.1 Å². The Morgan fingerprint density at radius 3 is 2.12 bits per heavy atom.